The Morgan fingerprint density at radius 1 is 1.26 bits per heavy atom. The number of urea groups is 1. The summed E-state index contributed by atoms with van der Waals surface area (Å²) in [5.41, 5.74) is 1.10. The fraction of sp³-hybridized carbons (Fsp3) is 0.429. The standard InChI is InChI=1S/C14H18N2O3/c17-12(18)8-9-15-14(19)16-13(11-6-7-11)10-4-2-1-3-5-10/h1-5,11,13H,6-9H2,(H,17,18)(H2,15,16,19). The van der Waals surface area contributed by atoms with Crippen molar-refractivity contribution in [2.24, 2.45) is 5.92 Å². The minimum atomic E-state index is -0.915. The molecule has 2 rings (SSSR count). The third kappa shape index (κ3) is 4.28. The van der Waals surface area contributed by atoms with E-state index >= 15 is 0 Å². The first kappa shape index (κ1) is 13.4. The van der Waals surface area contributed by atoms with Crippen LogP contribution in [-0.4, -0.2) is 23.7 Å². The molecule has 1 saturated carbocycles. The molecule has 102 valence electrons. The van der Waals surface area contributed by atoms with Gasteiger partial charge in [0.15, 0.2) is 0 Å². The molecule has 0 aromatic heterocycles. The molecule has 1 aromatic rings. The van der Waals surface area contributed by atoms with Crippen molar-refractivity contribution >= 4 is 12.0 Å². The summed E-state index contributed by atoms with van der Waals surface area (Å²) in [6, 6.07) is 9.57. The van der Waals surface area contributed by atoms with Crippen molar-refractivity contribution in [1.82, 2.24) is 10.6 Å². The number of carboxylic acids is 1. The highest BCUT2D eigenvalue weighted by molar-refractivity contribution is 5.75. The summed E-state index contributed by atoms with van der Waals surface area (Å²) in [7, 11) is 0. The van der Waals surface area contributed by atoms with Crippen LogP contribution in [0.1, 0.15) is 30.9 Å². The predicted molar refractivity (Wildman–Crippen MR) is 70.7 cm³/mol. The van der Waals surface area contributed by atoms with Gasteiger partial charge in [0.1, 0.15) is 0 Å². The molecule has 1 aliphatic rings. The highest BCUT2D eigenvalue weighted by Gasteiger charge is 2.33. The Bertz CT molecular complexity index is 443. The Hall–Kier alpha value is -2.04. The Kier molecular flexibility index (Phi) is 4.39. The van der Waals surface area contributed by atoms with Gasteiger partial charge in [0.05, 0.1) is 12.5 Å². The van der Waals surface area contributed by atoms with Crippen LogP contribution < -0.4 is 10.6 Å². The molecular weight excluding hydrogens is 244 g/mol. The Morgan fingerprint density at radius 2 is 1.95 bits per heavy atom. The number of benzene rings is 1. The molecule has 1 fully saturated rings. The lowest BCUT2D eigenvalue weighted by molar-refractivity contribution is -0.136. The number of nitrogens with one attached hydrogen (secondary N) is 2. The number of carboxylic acid groups (broad SMARTS) is 1. The predicted octanol–water partition coefficient (Wildman–Crippen LogP) is 1.91. The van der Waals surface area contributed by atoms with Crippen molar-refractivity contribution in [2.75, 3.05) is 6.54 Å². The van der Waals surface area contributed by atoms with Crippen LogP contribution in [0.3, 0.4) is 0 Å². The quantitative estimate of drug-likeness (QED) is 0.732. The molecule has 0 radical (unpaired) electrons. The molecule has 0 heterocycles. The molecular formula is C14H18N2O3. The molecule has 0 aliphatic heterocycles. The maximum Gasteiger partial charge on any atom is 0.315 e. The lowest BCUT2D eigenvalue weighted by Crippen LogP contribution is -2.39. The molecule has 1 unspecified atom stereocenters. The van der Waals surface area contributed by atoms with E-state index in [2.05, 4.69) is 10.6 Å². The molecule has 0 bridgehead atoms. The van der Waals surface area contributed by atoms with Crippen LogP contribution in [0.5, 0.6) is 0 Å². The van der Waals surface area contributed by atoms with E-state index in [1.54, 1.807) is 0 Å². The van der Waals surface area contributed by atoms with Gasteiger partial charge in [0.25, 0.3) is 0 Å². The smallest absolute Gasteiger partial charge is 0.315 e. The van der Waals surface area contributed by atoms with Crippen molar-refractivity contribution in [3.8, 4) is 0 Å². The van der Waals surface area contributed by atoms with E-state index in [1.807, 2.05) is 30.3 Å². The number of rotatable bonds is 6. The van der Waals surface area contributed by atoms with E-state index in [0.29, 0.717) is 5.92 Å². The lowest BCUT2D eigenvalue weighted by Gasteiger charge is -2.19. The van der Waals surface area contributed by atoms with E-state index in [0.717, 1.165) is 18.4 Å². The molecule has 0 spiro atoms. The summed E-state index contributed by atoms with van der Waals surface area (Å²) in [4.78, 5) is 22.1. The number of aliphatic carboxylic acids is 1. The first-order valence-corrected chi connectivity index (χ1v) is 6.48. The van der Waals surface area contributed by atoms with E-state index in [-0.39, 0.29) is 25.0 Å². The van der Waals surface area contributed by atoms with E-state index in [4.69, 9.17) is 5.11 Å². The molecule has 3 N–H and O–H groups in total. The van der Waals surface area contributed by atoms with Gasteiger partial charge in [0.2, 0.25) is 0 Å². The van der Waals surface area contributed by atoms with Crippen LogP contribution in [0.4, 0.5) is 4.79 Å². The van der Waals surface area contributed by atoms with Gasteiger partial charge in [-0.2, -0.15) is 0 Å². The number of carbonyl (C=O) groups is 2. The maximum absolute atomic E-state index is 11.7. The van der Waals surface area contributed by atoms with Crippen molar-refractivity contribution in [1.29, 1.82) is 0 Å². The van der Waals surface area contributed by atoms with Crippen molar-refractivity contribution in [2.45, 2.75) is 25.3 Å². The van der Waals surface area contributed by atoms with Crippen LogP contribution >= 0.6 is 0 Å². The minimum Gasteiger partial charge on any atom is -0.481 e. The SMILES string of the molecule is O=C(O)CCNC(=O)NC(c1ccccc1)C1CC1. The van der Waals surface area contributed by atoms with Gasteiger partial charge >= 0.3 is 12.0 Å². The van der Waals surface area contributed by atoms with Crippen LogP contribution in [0.2, 0.25) is 0 Å². The van der Waals surface area contributed by atoms with Gasteiger partial charge in [-0.25, -0.2) is 4.79 Å². The number of carbonyl (C=O) groups excluding carboxylic acids is 1. The average Bonchev–Trinajstić information content (AvgIpc) is 3.21. The third-order valence-corrected chi connectivity index (χ3v) is 3.16. The Morgan fingerprint density at radius 3 is 2.53 bits per heavy atom. The zero-order valence-electron chi connectivity index (χ0n) is 10.6. The second-order valence-corrected chi connectivity index (χ2v) is 4.77. The second-order valence-electron chi connectivity index (χ2n) is 4.77. The normalized spacial score (nSPS) is 15.6. The molecule has 1 aliphatic carbocycles. The fourth-order valence-corrected chi connectivity index (χ4v) is 2.04. The van der Waals surface area contributed by atoms with Crippen LogP contribution in [0.15, 0.2) is 30.3 Å². The molecule has 5 heteroatoms. The molecule has 1 aromatic carbocycles. The van der Waals surface area contributed by atoms with Crippen molar-refractivity contribution in [3.05, 3.63) is 35.9 Å². The van der Waals surface area contributed by atoms with E-state index in [1.165, 1.54) is 0 Å². The molecule has 5 nitrogen and oxygen atoms in total. The molecule has 1 atom stereocenters. The van der Waals surface area contributed by atoms with Gasteiger partial charge < -0.3 is 15.7 Å². The number of amides is 2. The third-order valence-electron chi connectivity index (χ3n) is 3.16. The summed E-state index contributed by atoms with van der Waals surface area (Å²) in [6.45, 7) is 0.146. The lowest BCUT2D eigenvalue weighted by atomic mass is 10.0. The number of hydrogen-bond donors (Lipinski definition) is 3. The molecule has 0 saturated heterocycles. The zero-order valence-corrected chi connectivity index (χ0v) is 10.6. The van der Waals surface area contributed by atoms with Crippen molar-refractivity contribution < 1.29 is 14.7 Å². The topological polar surface area (TPSA) is 78.4 Å². The van der Waals surface area contributed by atoms with Crippen molar-refractivity contribution in [3.63, 3.8) is 0 Å². The highest BCUT2D eigenvalue weighted by Crippen LogP contribution is 2.40. The van der Waals surface area contributed by atoms with E-state index in [9.17, 15) is 9.59 Å². The average molecular weight is 262 g/mol. The first-order valence-electron chi connectivity index (χ1n) is 6.48. The fourth-order valence-electron chi connectivity index (χ4n) is 2.04. The van der Waals surface area contributed by atoms with Gasteiger partial charge in [-0.3, -0.25) is 4.79 Å². The Labute approximate surface area is 112 Å². The summed E-state index contributed by atoms with van der Waals surface area (Å²) < 4.78 is 0. The summed E-state index contributed by atoms with van der Waals surface area (Å²) in [5, 5.41) is 14.0. The summed E-state index contributed by atoms with van der Waals surface area (Å²) in [6.07, 6.45) is 2.18. The van der Waals surface area contributed by atoms with Crippen LogP contribution in [-0.2, 0) is 4.79 Å². The van der Waals surface area contributed by atoms with Gasteiger partial charge in [-0.1, -0.05) is 30.3 Å². The highest BCUT2D eigenvalue weighted by atomic mass is 16.4. The van der Waals surface area contributed by atoms with E-state index < -0.39 is 5.97 Å². The monoisotopic (exact) mass is 262 g/mol. The van der Waals surface area contributed by atoms with Gasteiger partial charge in [-0.05, 0) is 24.3 Å². The first-order chi connectivity index (χ1) is 9.16. The number of hydrogen-bond acceptors (Lipinski definition) is 2. The largest absolute Gasteiger partial charge is 0.481 e. The van der Waals surface area contributed by atoms with Gasteiger partial charge in [0, 0.05) is 6.54 Å². The molecule has 2 amide bonds. The van der Waals surface area contributed by atoms with Gasteiger partial charge in [-0.15, -0.1) is 0 Å². The zero-order chi connectivity index (χ0) is 13.7. The molecule has 19 heavy (non-hydrogen) atoms. The summed E-state index contributed by atoms with van der Waals surface area (Å²) >= 11 is 0. The minimum absolute atomic E-state index is 0.0195. The van der Waals surface area contributed by atoms with Crippen LogP contribution in [0.25, 0.3) is 0 Å². The second kappa shape index (κ2) is 6.22. The summed E-state index contributed by atoms with van der Waals surface area (Å²) in [5.74, 6) is -0.422. The van der Waals surface area contributed by atoms with Crippen LogP contribution in [0, 0.1) is 5.92 Å². The maximum atomic E-state index is 11.7. The Balaban J connectivity index is 1.87.